The molecular weight excluding hydrogens is 291 g/mol. The molecule has 23 heavy (non-hydrogen) atoms. The number of esters is 1. The van der Waals surface area contributed by atoms with E-state index in [9.17, 15) is 9.18 Å². The van der Waals surface area contributed by atoms with Gasteiger partial charge < -0.3 is 4.74 Å². The third kappa shape index (κ3) is 15.8. The van der Waals surface area contributed by atoms with Gasteiger partial charge in [-0.1, -0.05) is 84.0 Å². The summed E-state index contributed by atoms with van der Waals surface area (Å²) >= 11 is 0. The fourth-order valence-electron chi connectivity index (χ4n) is 2.67. The van der Waals surface area contributed by atoms with E-state index in [1.807, 2.05) is 0 Å². The molecule has 0 aliphatic rings. The number of hydrogen-bond donors (Lipinski definition) is 0. The summed E-state index contributed by atoms with van der Waals surface area (Å²) in [6.45, 7) is 4.16. The molecule has 0 aromatic heterocycles. The van der Waals surface area contributed by atoms with Crippen molar-refractivity contribution in [3.63, 3.8) is 0 Å². The highest BCUT2D eigenvalue weighted by Gasteiger charge is 2.07. The third-order valence-electron chi connectivity index (χ3n) is 4.10. The minimum absolute atomic E-state index is 0.221. The second-order valence-electron chi connectivity index (χ2n) is 6.30. The average molecular weight is 329 g/mol. The van der Waals surface area contributed by atoms with E-state index < -0.39 is 11.8 Å². The molecule has 0 amide bonds. The van der Waals surface area contributed by atoms with E-state index in [0.29, 0.717) is 6.42 Å². The van der Waals surface area contributed by atoms with Crippen LogP contribution in [0.3, 0.4) is 0 Å². The average Bonchev–Trinajstić information content (AvgIpc) is 2.55. The molecule has 0 spiro atoms. The van der Waals surface area contributed by atoms with Crippen LogP contribution < -0.4 is 0 Å². The van der Waals surface area contributed by atoms with Crippen molar-refractivity contribution < 1.29 is 13.9 Å². The van der Waals surface area contributed by atoms with Gasteiger partial charge in [0, 0.05) is 0 Å². The summed E-state index contributed by atoms with van der Waals surface area (Å²) in [7, 11) is 0. The third-order valence-corrected chi connectivity index (χ3v) is 4.10. The Bertz CT molecular complexity index is 300. The zero-order valence-corrected chi connectivity index (χ0v) is 15.4. The number of carbonyl (C=O) groups excluding carboxylic acids is 1. The standard InChI is InChI=1S/C20H37FO2/c1-3-5-6-7-8-9-10-11-12-13-14-15-16-17-18-19(21)20(22)23-4-2/h18H,3-17H2,1-2H3/b19-18-. The predicted octanol–water partition coefficient (Wildman–Crippen LogP) is 6.88. The van der Waals surface area contributed by atoms with Crippen LogP contribution in [-0.4, -0.2) is 12.6 Å². The molecule has 3 heteroatoms. The molecule has 0 fully saturated rings. The zero-order valence-electron chi connectivity index (χ0n) is 15.4. The van der Waals surface area contributed by atoms with E-state index in [1.165, 1.54) is 76.7 Å². The topological polar surface area (TPSA) is 26.3 Å². The Labute approximate surface area is 142 Å². The Balaban J connectivity index is 3.24. The lowest BCUT2D eigenvalue weighted by Gasteiger charge is -2.02. The summed E-state index contributed by atoms with van der Waals surface area (Å²) in [5, 5.41) is 0. The molecule has 0 heterocycles. The van der Waals surface area contributed by atoms with Crippen molar-refractivity contribution in [2.45, 2.75) is 104 Å². The van der Waals surface area contributed by atoms with Crippen molar-refractivity contribution in [1.29, 1.82) is 0 Å². The van der Waals surface area contributed by atoms with E-state index in [4.69, 9.17) is 0 Å². The summed E-state index contributed by atoms with van der Waals surface area (Å²) in [4.78, 5) is 11.0. The number of hydrogen-bond acceptors (Lipinski definition) is 2. The fraction of sp³-hybridized carbons (Fsp3) is 0.850. The van der Waals surface area contributed by atoms with Gasteiger partial charge in [-0.25, -0.2) is 4.79 Å². The Morgan fingerprint density at radius 1 is 0.783 bits per heavy atom. The van der Waals surface area contributed by atoms with Gasteiger partial charge in [-0.3, -0.25) is 0 Å². The first kappa shape index (κ1) is 22.1. The second-order valence-corrected chi connectivity index (χ2v) is 6.30. The number of carbonyl (C=O) groups is 1. The van der Waals surface area contributed by atoms with Gasteiger partial charge in [-0.15, -0.1) is 0 Å². The lowest BCUT2D eigenvalue weighted by atomic mass is 10.0. The summed E-state index contributed by atoms with van der Waals surface area (Å²) in [5.41, 5.74) is 0. The van der Waals surface area contributed by atoms with Crippen molar-refractivity contribution >= 4 is 5.97 Å². The van der Waals surface area contributed by atoms with Crippen molar-refractivity contribution in [1.82, 2.24) is 0 Å². The minimum atomic E-state index is -0.831. The summed E-state index contributed by atoms with van der Waals surface area (Å²) in [5.74, 6) is -1.58. The number of halogens is 1. The Kier molecular flexibility index (Phi) is 16.8. The maximum absolute atomic E-state index is 13.2. The van der Waals surface area contributed by atoms with E-state index in [-0.39, 0.29) is 6.61 Å². The van der Waals surface area contributed by atoms with E-state index in [2.05, 4.69) is 11.7 Å². The molecule has 0 rings (SSSR count). The van der Waals surface area contributed by atoms with Gasteiger partial charge in [0.25, 0.3) is 0 Å². The monoisotopic (exact) mass is 328 g/mol. The normalized spacial score (nSPS) is 11.7. The van der Waals surface area contributed by atoms with Crippen LogP contribution in [0, 0.1) is 0 Å². The van der Waals surface area contributed by atoms with Gasteiger partial charge in [0.05, 0.1) is 6.61 Å². The van der Waals surface area contributed by atoms with Crippen LogP contribution in [-0.2, 0) is 9.53 Å². The first-order valence-electron chi connectivity index (χ1n) is 9.75. The molecule has 2 nitrogen and oxygen atoms in total. The molecule has 0 aliphatic heterocycles. The highest BCUT2D eigenvalue weighted by molar-refractivity contribution is 5.85. The van der Waals surface area contributed by atoms with Crippen molar-refractivity contribution in [3.8, 4) is 0 Å². The van der Waals surface area contributed by atoms with Crippen LogP contribution in [0.1, 0.15) is 104 Å². The maximum atomic E-state index is 13.2. The van der Waals surface area contributed by atoms with Gasteiger partial charge in [0.15, 0.2) is 0 Å². The molecule has 0 unspecified atom stereocenters. The molecule has 0 saturated heterocycles. The van der Waals surface area contributed by atoms with E-state index >= 15 is 0 Å². The van der Waals surface area contributed by atoms with Crippen LogP contribution in [0.25, 0.3) is 0 Å². The minimum Gasteiger partial charge on any atom is -0.461 e. The fourth-order valence-corrected chi connectivity index (χ4v) is 2.67. The smallest absolute Gasteiger partial charge is 0.366 e. The van der Waals surface area contributed by atoms with Crippen LogP contribution in [0.2, 0.25) is 0 Å². The Hall–Kier alpha value is -0.860. The van der Waals surface area contributed by atoms with Crippen molar-refractivity contribution in [2.75, 3.05) is 6.61 Å². The molecular formula is C20H37FO2. The molecule has 0 saturated carbocycles. The molecule has 0 aromatic rings. The summed E-state index contributed by atoms with van der Waals surface area (Å²) < 4.78 is 17.8. The second kappa shape index (κ2) is 17.5. The molecule has 136 valence electrons. The van der Waals surface area contributed by atoms with Crippen LogP contribution in [0.15, 0.2) is 11.9 Å². The summed E-state index contributed by atoms with van der Waals surface area (Å²) in [6, 6.07) is 0. The first-order chi connectivity index (χ1) is 11.2. The summed E-state index contributed by atoms with van der Waals surface area (Å²) in [6.07, 6.45) is 18.9. The molecule has 0 bridgehead atoms. The number of ether oxygens (including phenoxy) is 1. The Morgan fingerprint density at radius 2 is 1.22 bits per heavy atom. The SMILES string of the molecule is CCCCCCCCCCCCCCC/C=C(\F)C(=O)OCC. The quantitative estimate of drug-likeness (QED) is 0.175. The van der Waals surface area contributed by atoms with Crippen molar-refractivity contribution in [2.24, 2.45) is 0 Å². The first-order valence-corrected chi connectivity index (χ1v) is 9.75. The van der Waals surface area contributed by atoms with Gasteiger partial charge in [0.1, 0.15) is 0 Å². The van der Waals surface area contributed by atoms with E-state index in [1.54, 1.807) is 6.92 Å². The number of rotatable bonds is 16. The van der Waals surface area contributed by atoms with Gasteiger partial charge >= 0.3 is 5.97 Å². The lowest BCUT2D eigenvalue weighted by Crippen LogP contribution is -2.04. The lowest BCUT2D eigenvalue weighted by molar-refractivity contribution is -0.140. The van der Waals surface area contributed by atoms with Gasteiger partial charge in [-0.05, 0) is 25.8 Å². The number of unbranched alkanes of at least 4 members (excludes halogenated alkanes) is 13. The maximum Gasteiger partial charge on any atom is 0.366 e. The molecule has 0 N–H and O–H groups in total. The molecule has 0 aromatic carbocycles. The molecule has 0 radical (unpaired) electrons. The van der Waals surface area contributed by atoms with E-state index in [0.717, 1.165) is 12.8 Å². The van der Waals surface area contributed by atoms with Gasteiger partial charge in [-0.2, -0.15) is 4.39 Å². The zero-order chi connectivity index (χ0) is 17.2. The van der Waals surface area contributed by atoms with Crippen LogP contribution in [0.5, 0.6) is 0 Å². The molecule has 0 aliphatic carbocycles. The largest absolute Gasteiger partial charge is 0.461 e. The highest BCUT2D eigenvalue weighted by atomic mass is 19.1. The Morgan fingerprint density at radius 3 is 1.65 bits per heavy atom. The number of allylic oxidation sites excluding steroid dienone is 1. The van der Waals surface area contributed by atoms with Crippen molar-refractivity contribution in [3.05, 3.63) is 11.9 Å². The van der Waals surface area contributed by atoms with Crippen LogP contribution >= 0.6 is 0 Å². The highest BCUT2D eigenvalue weighted by Crippen LogP contribution is 2.13. The van der Waals surface area contributed by atoms with Gasteiger partial charge in [0.2, 0.25) is 5.83 Å². The molecule has 0 atom stereocenters. The predicted molar refractivity (Wildman–Crippen MR) is 96.1 cm³/mol. The van der Waals surface area contributed by atoms with Crippen LogP contribution in [0.4, 0.5) is 4.39 Å².